The minimum Gasteiger partial charge on any atom is -0.494 e. The summed E-state index contributed by atoms with van der Waals surface area (Å²) < 4.78 is 8.17. The summed E-state index contributed by atoms with van der Waals surface area (Å²) >= 11 is 13.2. The van der Waals surface area contributed by atoms with Crippen LogP contribution in [-0.4, -0.2) is 31.5 Å². The predicted molar refractivity (Wildman–Crippen MR) is 160 cm³/mol. The first-order valence-corrected chi connectivity index (χ1v) is 14.0. The van der Waals surface area contributed by atoms with Crippen molar-refractivity contribution in [2.45, 2.75) is 26.3 Å². The van der Waals surface area contributed by atoms with Crippen LogP contribution in [-0.2, 0) is 11.3 Å². The lowest BCUT2D eigenvalue weighted by atomic mass is 10.1. The Morgan fingerprint density at radius 2 is 1.76 bits per heavy atom. The molecule has 0 saturated carbocycles. The Kier molecular flexibility index (Phi) is 8.27. The van der Waals surface area contributed by atoms with Gasteiger partial charge in [0.05, 0.1) is 29.4 Å². The van der Waals surface area contributed by atoms with Gasteiger partial charge in [0.25, 0.3) is 5.91 Å². The van der Waals surface area contributed by atoms with Gasteiger partial charge in [-0.2, -0.15) is 5.10 Å². The Morgan fingerprint density at radius 1 is 1.03 bits per heavy atom. The highest BCUT2D eigenvalue weighted by atomic mass is 35.5. The van der Waals surface area contributed by atoms with Gasteiger partial charge in [-0.05, 0) is 60.5 Å². The molecule has 1 aromatic heterocycles. The summed E-state index contributed by atoms with van der Waals surface area (Å²) in [5, 5.41) is 5.50. The molecule has 1 saturated heterocycles. The zero-order chi connectivity index (χ0) is 26.5. The van der Waals surface area contributed by atoms with Gasteiger partial charge >= 0.3 is 0 Å². The predicted octanol–water partition coefficient (Wildman–Crippen LogP) is 7.77. The van der Waals surface area contributed by atoms with E-state index < -0.39 is 0 Å². The Bertz CT molecular complexity index is 1480. The van der Waals surface area contributed by atoms with Crippen molar-refractivity contribution in [1.82, 2.24) is 14.7 Å². The van der Waals surface area contributed by atoms with E-state index in [-0.39, 0.29) is 5.91 Å². The summed E-state index contributed by atoms with van der Waals surface area (Å²) in [6, 6.07) is 25.3. The lowest BCUT2D eigenvalue weighted by molar-refractivity contribution is -0.122. The van der Waals surface area contributed by atoms with Crippen LogP contribution in [0.4, 0.5) is 0 Å². The number of rotatable bonds is 9. The molecule has 0 atom stereocenters. The van der Waals surface area contributed by atoms with Crippen molar-refractivity contribution < 1.29 is 9.53 Å². The van der Waals surface area contributed by atoms with E-state index in [0.29, 0.717) is 27.4 Å². The van der Waals surface area contributed by atoms with Gasteiger partial charge in [-0.3, -0.25) is 9.69 Å². The van der Waals surface area contributed by atoms with E-state index in [0.717, 1.165) is 46.7 Å². The third-order valence-electron chi connectivity index (χ3n) is 6.10. The summed E-state index contributed by atoms with van der Waals surface area (Å²) in [4.78, 5) is 15.5. The van der Waals surface area contributed by atoms with Crippen molar-refractivity contribution in [2.75, 3.05) is 6.61 Å². The number of benzene rings is 3. The number of unbranched alkanes of at least 4 members (excludes halogenated alkanes) is 1. The fourth-order valence-electron chi connectivity index (χ4n) is 4.05. The monoisotopic (exact) mass is 559 g/mol. The maximum atomic E-state index is 13.4. The molecular formula is C30H26ClN3O2S2. The van der Waals surface area contributed by atoms with E-state index in [2.05, 4.69) is 6.92 Å². The highest BCUT2D eigenvalue weighted by Crippen LogP contribution is 2.36. The van der Waals surface area contributed by atoms with Crippen LogP contribution in [0.2, 0.25) is 5.02 Å². The number of nitrogens with zero attached hydrogens (tertiary/aromatic N) is 3. The molecule has 1 amide bonds. The lowest BCUT2D eigenvalue weighted by Gasteiger charge is -2.15. The molecule has 8 heteroatoms. The van der Waals surface area contributed by atoms with Gasteiger partial charge in [-0.25, -0.2) is 4.68 Å². The molecule has 0 aliphatic carbocycles. The zero-order valence-electron chi connectivity index (χ0n) is 20.8. The molecule has 1 fully saturated rings. The number of aromatic nitrogens is 2. The van der Waals surface area contributed by atoms with Crippen LogP contribution in [0.1, 0.15) is 30.9 Å². The first-order chi connectivity index (χ1) is 18.5. The molecular weight excluding hydrogens is 534 g/mol. The number of halogens is 1. The van der Waals surface area contributed by atoms with Crippen LogP contribution in [0.5, 0.6) is 5.75 Å². The molecule has 0 radical (unpaired) electrons. The number of para-hydroxylation sites is 1. The van der Waals surface area contributed by atoms with Crippen molar-refractivity contribution in [3.8, 4) is 22.7 Å². The van der Waals surface area contributed by atoms with Crippen LogP contribution in [0, 0.1) is 0 Å². The molecule has 1 aliphatic rings. The number of ether oxygens (including phenoxy) is 1. The Labute approximate surface area is 237 Å². The molecule has 1 aliphatic heterocycles. The fraction of sp³-hybridized carbons (Fsp3) is 0.167. The Balaban J connectivity index is 1.47. The van der Waals surface area contributed by atoms with E-state index in [1.54, 1.807) is 4.90 Å². The van der Waals surface area contributed by atoms with Crippen molar-refractivity contribution >= 4 is 51.9 Å². The summed E-state index contributed by atoms with van der Waals surface area (Å²) in [6.07, 6.45) is 5.92. The van der Waals surface area contributed by atoms with Crippen LogP contribution < -0.4 is 4.74 Å². The molecule has 192 valence electrons. The minimum atomic E-state index is -0.141. The van der Waals surface area contributed by atoms with Gasteiger partial charge in [-0.15, -0.1) is 0 Å². The van der Waals surface area contributed by atoms with Crippen molar-refractivity contribution in [2.24, 2.45) is 0 Å². The summed E-state index contributed by atoms with van der Waals surface area (Å²) in [5.41, 5.74) is 4.31. The second kappa shape index (κ2) is 12.0. The Hall–Kier alpha value is -3.39. The standard InChI is InChI=1S/C30H26ClN3O2S2/c1-2-3-17-36-25-15-13-21(14-16-25)28-23(20-34(32-28)24-10-5-4-6-11-24)18-27-29(35)33(30(37)38-27)19-22-9-7-8-12-26(22)31/h4-16,18,20H,2-3,17,19H2,1H3/b27-18-. The van der Waals surface area contributed by atoms with E-state index in [4.69, 9.17) is 33.7 Å². The number of thioether (sulfide) groups is 1. The smallest absolute Gasteiger partial charge is 0.266 e. The normalized spacial score (nSPS) is 14.5. The van der Waals surface area contributed by atoms with Gasteiger partial charge in [0.2, 0.25) is 0 Å². The second-order valence-corrected chi connectivity index (χ2v) is 10.9. The summed E-state index contributed by atoms with van der Waals surface area (Å²) in [7, 11) is 0. The van der Waals surface area contributed by atoms with E-state index >= 15 is 0 Å². The van der Waals surface area contributed by atoms with Gasteiger partial charge in [-0.1, -0.05) is 85.3 Å². The van der Waals surface area contributed by atoms with Gasteiger partial charge in [0.15, 0.2) is 0 Å². The molecule has 2 heterocycles. The van der Waals surface area contributed by atoms with E-state index in [1.165, 1.54) is 11.8 Å². The maximum absolute atomic E-state index is 13.4. The average molecular weight is 560 g/mol. The molecule has 4 aromatic rings. The number of thiocarbonyl (C=S) groups is 1. The highest BCUT2D eigenvalue weighted by molar-refractivity contribution is 8.26. The quantitative estimate of drug-likeness (QED) is 0.119. The Morgan fingerprint density at radius 3 is 2.50 bits per heavy atom. The molecule has 38 heavy (non-hydrogen) atoms. The van der Waals surface area contributed by atoms with Crippen LogP contribution in [0.25, 0.3) is 23.0 Å². The SMILES string of the molecule is CCCCOc1ccc(-c2nn(-c3ccccc3)cc2/C=C2\SC(=S)N(Cc3ccccc3Cl)C2=O)cc1. The van der Waals surface area contributed by atoms with Gasteiger partial charge < -0.3 is 4.74 Å². The van der Waals surface area contributed by atoms with E-state index in [9.17, 15) is 4.79 Å². The molecule has 0 N–H and O–H groups in total. The van der Waals surface area contributed by atoms with Crippen molar-refractivity contribution in [3.05, 3.63) is 106 Å². The number of hydrogen-bond donors (Lipinski definition) is 0. The number of amides is 1. The molecule has 0 unspecified atom stereocenters. The molecule has 5 rings (SSSR count). The van der Waals surface area contributed by atoms with Gasteiger partial charge in [0.1, 0.15) is 10.1 Å². The summed E-state index contributed by atoms with van der Waals surface area (Å²) in [5.74, 6) is 0.685. The van der Waals surface area contributed by atoms with Crippen LogP contribution in [0.15, 0.2) is 90.0 Å². The van der Waals surface area contributed by atoms with E-state index in [1.807, 2.05) is 95.8 Å². The average Bonchev–Trinajstić information content (AvgIpc) is 3.47. The third kappa shape index (κ3) is 5.85. The first-order valence-electron chi connectivity index (χ1n) is 12.4. The number of carbonyl (C=O) groups excluding carboxylic acids is 1. The largest absolute Gasteiger partial charge is 0.494 e. The number of hydrogen-bond acceptors (Lipinski definition) is 5. The minimum absolute atomic E-state index is 0.141. The molecule has 0 spiro atoms. The first kappa shape index (κ1) is 26.2. The summed E-state index contributed by atoms with van der Waals surface area (Å²) in [6.45, 7) is 3.17. The second-order valence-electron chi connectivity index (χ2n) is 8.80. The van der Waals surface area contributed by atoms with Crippen molar-refractivity contribution in [3.63, 3.8) is 0 Å². The number of carbonyl (C=O) groups is 1. The van der Waals surface area contributed by atoms with Crippen LogP contribution >= 0.6 is 35.6 Å². The van der Waals surface area contributed by atoms with Crippen molar-refractivity contribution in [1.29, 1.82) is 0 Å². The molecule has 5 nitrogen and oxygen atoms in total. The fourth-order valence-corrected chi connectivity index (χ4v) is 5.49. The molecule has 0 bridgehead atoms. The molecule has 3 aromatic carbocycles. The third-order valence-corrected chi connectivity index (χ3v) is 7.85. The highest BCUT2D eigenvalue weighted by Gasteiger charge is 2.33. The van der Waals surface area contributed by atoms with Gasteiger partial charge in [0, 0.05) is 22.3 Å². The topological polar surface area (TPSA) is 47.4 Å². The zero-order valence-corrected chi connectivity index (χ0v) is 23.2. The maximum Gasteiger partial charge on any atom is 0.266 e. The van der Waals surface area contributed by atoms with Crippen LogP contribution in [0.3, 0.4) is 0 Å². The lowest BCUT2D eigenvalue weighted by Crippen LogP contribution is -2.27.